The van der Waals surface area contributed by atoms with E-state index in [-0.39, 0.29) is 11.0 Å². The molecule has 0 saturated carbocycles. The van der Waals surface area contributed by atoms with E-state index in [2.05, 4.69) is 10.6 Å². The van der Waals surface area contributed by atoms with Crippen molar-refractivity contribution < 1.29 is 4.79 Å². The maximum absolute atomic E-state index is 11.2. The fraction of sp³-hybridized carbons (Fsp3) is 0.333. The minimum Gasteiger partial charge on any atom is -0.376 e. The Bertz CT molecular complexity index is 443. The number of hydrogen-bond donors (Lipinski definition) is 3. The Morgan fingerprint density at radius 1 is 1.18 bits per heavy atom. The van der Waals surface area contributed by atoms with E-state index < -0.39 is 0 Å². The number of amides is 1. The third-order valence-electron chi connectivity index (χ3n) is 2.52. The Morgan fingerprint density at radius 2 is 1.65 bits per heavy atom. The van der Waals surface area contributed by atoms with Crippen molar-refractivity contribution in [3.05, 3.63) is 22.8 Å². The second-order valence-corrected chi connectivity index (χ2v) is 4.50. The normalized spacial score (nSPS) is 9.88. The van der Waals surface area contributed by atoms with Crippen LogP contribution >= 0.6 is 12.2 Å². The zero-order valence-electron chi connectivity index (χ0n) is 10.5. The first-order valence-electron chi connectivity index (χ1n) is 5.27. The summed E-state index contributed by atoms with van der Waals surface area (Å²) in [6.07, 6.45) is 0. The highest BCUT2D eigenvalue weighted by molar-refractivity contribution is 7.80. The number of nitrogens with two attached hydrogens (primary N) is 1. The quantitative estimate of drug-likeness (QED) is 0.705. The van der Waals surface area contributed by atoms with Gasteiger partial charge in [-0.25, -0.2) is 0 Å². The highest BCUT2D eigenvalue weighted by atomic mass is 32.1. The van der Waals surface area contributed by atoms with E-state index in [1.54, 1.807) is 0 Å². The number of carbonyl (C=O) groups is 1. The van der Waals surface area contributed by atoms with Gasteiger partial charge in [0.05, 0.1) is 0 Å². The number of aryl methyl sites for hydroxylation is 2. The van der Waals surface area contributed by atoms with Crippen LogP contribution in [0.25, 0.3) is 0 Å². The van der Waals surface area contributed by atoms with Crippen molar-refractivity contribution in [3.8, 4) is 0 Å². The van der Waals surface area contributed by atoms with Crippen molar-refractivity contribution in [2.45, 2.75) is 27.7 Å². The summed E-state index contributed by atoms with van der Waals surface area (Å²) in [5.41, 5.74) is 10.1. The molecule has 4 N–H and O–H groups in total. The molecular weight excluding hydrogens is 234 g/mol. The Morgan fingerprint density at radius 3 is 2.06 bits per heavy atom. The lowest BCUT2D eigenvalue weighted by Gasteiger charge is -2.18. The average molecular weight is 251 g/mol. The van der Waals surface area contributed by atoms with Gasteiger partial charge in [0, 0.05) is 18.3 Å². The summed E-state index contributed by atoms with van der Waals surface area (Å²) < 4.78 is 0. The fourth-order valence-electron chi connectivity index (χ4n) is 1.87. The molecule has 0 bridgehead atoms. The molecule has 0 atom stereocenters. The van der Waals surface area contributed by atoms with Crippen molar-refractivity contribution in [1.82, 2.24) is 0 Å². The third-order valence-corrected chi connectivity index (χ3v) is 2.62. The van der Waals surface area contributed by atoms with Crippen LogP contribution in [0.15, 0.2) is 6.07 Å². The highest BCUT2D eigenvalue weighted by Crippen LogP contribution is 2.30. The molecule has 0 aromatic heterocycles. The molecule has 0 spiro atoms. The molecule has 17 heavy (non-hydrogen) atoms. The summed E-state index contributed by atoms with van der Waals surface area (Å²) in [6, 6.07) is 1.98. The topological polar surface area (TPSA) is 67.2 Å². The van der Waals surface area contributed by atoms with Gasteiger partial charge in [-0.3, -0.25) is 4.79 Å². The number of benzene rings is 1. The zero-order chi connectivity index (χ0) is 13.2. The first-order valence-corrected chi connectivity index (χ1v) is 5.68. The smallest absolute Gasteiger partial charge is 0.221 e. The minimum atomic E-state index is -0.0960. The summed E-state index contributed by atoms with van der Waals surface area (Å²) in [7, 11) is 0. The number of anilines is 2. The van der Waals surface area contributed by atoms with Crippen LogP contribution < -0.4 is 16.4 Å². The lowest BCUT2D eigenvalue weighted by molar-refractivity contribution is -0.114. The molecule has 0 aliphatic carbocycles. The molecule has 0 aliphatic heterocycles. The maximum atomic E-state index is 11.2. The van der Waals surface area contributed by atoms with E-state index >= 15 is 0 Å². The van der Waals surface area contributed by atoms with Crippen LogP contribution in [0.2, 0.25) is 0 Å². The second kappa shape index (κ2) is 5.14. The summed E-state index contributed by atoms with van der Waals surface area (Å²) >= 11 is 4.84. The fourth-order valence-corrected chi connectivity index (χ4v) is 1.97. The van der Waals surface area contributed by atoms with Crippen molar-refractivity contribution in [2.75, 3.05) is 10.6 Å². The van der Waals surface area contributed by atoms with Gasteiger partial charge >= 0.3 is 0 Å². The molecule has 1 aromatic carbocycles. The van der Waals surface area contributed by atoms with E-state index in [1.807, 2.05) is 26.8 Å². The van der Waals surface area contributed by atoms with Crippen LogP contribution in [-0.4, -0.2) is 11.0 Å². The van der Waals surface area contributed by atoms with Gasteiger partial charge in [0.25, 0.3) is 0 Å². The summed E-state index contributed by atoms with van der Waals surface area (Å²) in [5.74, 6) is -0.0960. The number of hydrogen-bond acceptors (Lipinski definition) is 2. The molecule has 0 radical (unpaired) electrons. The molecule has 4 nitrogen and oxygen atoms in total. The molecule has 1 rings (SSSR count). The molecule has 92 valence electrons. The van der Waals surface area contributed by atoms with Crippen molar-refractivity contribution in [1.29, 1.82) is 0 Å². The summed E-state index contributed by atoms with van der Waals surface area (Å²) in [6.45, 7) is 7.33. The van der Waals surface area contributed by atoms with E-state index in [0.717, 1.165) is 28.1 Å². The Labute approximate surface area is 107 Å². The molecule has 0 heterocycles. The lowest BCUT2D eigenvalue weighted by atomic mass is 10.0. The molecule has 0 saturated heterocycles. The van der Waals surface area contributed by atoms with Gasteiger partial charge in [-0.1, -0.05) is 6.07 Å². The van der Waals surface area contributed by atoms with Crippen LogP contribution in [0.1, 0.15) is 23.6 Å². The first-order chi connectivity index (χ1) is 7.82. The highest BCUT2D eigenvalue weighted by Gasteiger charge is 2.12. The maximum Gasteiger partial charge on any atom is 0.221 e. The van der Waals surface area contributed by atoms with Gasteiger partial charge in [0.2, 0.25) is 5.91 Å². The molecule has 1 amide bonds. The van der Waals surface area contributed by atoms with Crippen LogP contribution in [0.4, 0.5) is 11.4 Å². The predicted octanol–water partition coefficient (Wildman–Crippen LogP) is 2.23. The average Bonchev–Trinajstić information content (AvgIpc) is 2.18. The van der Waals surface area contributed by atoms with Crippen molar-refractivity contribution >= 4 is 34.6 Å². The Balaban J connectivity index is 3.31. The molecule has 0 fully saturated rings. The van der Waals surface area contributed by atoms with Gasteiger partial charge in [-0.15, -0.1) is 0 Å². The van der Waals surface area contributed by atoms with E-state index in [9.17, 15) is 4.79 Å². The largest absolute Gasteiger partial charge is 0.376 e. The Kier molecular flexibility index (Phi) is 4.07. The zero-order valence-corrected chi connectivity index (χ0v) is 11.3. The number of carbonyl (C=O) groups excluding carboxylic acids is 1. The van der Waals surface area contributed by atoms with Crippen molar-refractivity contribution in [3.63, 3.8) is 0 Å². The molecule has 5 heteroatoms. The third kappa shape index (κ3) is 3.17. The van der Waals surface area contributed by atoms with E-state index in [4.69, 9.17) is 18.0 Å². The van der Waals surface area contributed by atoms with E-state index in [0.29, 0.717) is 0 Å². The number of nitrogens with one attached hydrogen (secondary N) is 2. The summed E-state index contributed by atoms with van der Waals surface area (Å²) in [5, 5.41) is 5.98. The molecule has 0 aliphatic rings. The minimum absolute atomic E-state index is 0.0960. The van der Waals surface area contributed by atoms with Gasteiger partial charge < -0.3 is 16.4 Å². The van der Waals surface area contributed by atoms with Gasteiger partial charge in [-0.2, -0.15) is 0 Å². The summed E-state index contributed by atoms with van der Waals surface area (Å²) in [4.78, 5) is 11.2. The van der Waals surface area contributed by atoms with Crippen LogP contribution in [0.3, 0.4) is 0 Å². The SMILES string of the molecule is CC(=O)Nc1c(C)cc(C)c(NC(N)=S)c1C. The number of rotatable bonds is 2. The van der Waals surface area contributed by atoms with Crippen LogP contribution in [-0.2, 0) is 4.79 Å². The van der Waals surface area contributed by atoms with Gasteiger partial charge in [0.15, 0.2) is 5.11 Å². The number of thiocarbonyl (C=S) groups is 1. The standard InChI is InChI=1S/C12H17N3OS/c1-6-5-7(2)11(15-12(13)17)8(3)10(6)14-9(4)16/h5H,1-4H3,(H,14,16)(H3,13,15,17). The Hall–Kier alpha value is -1.62. The first kappa shape index (κ1) is 13.4. The van der Waals surface area contributed by atoms with Crippen LogP contribution in [0, 0.1) is 20.8 Å². The van der Waals surface area contributed by atoms with Crippen LogP contribution in [0.5, 0.6) is 0 Å². The van der Waals surface area contributed by atoms with Crippen molar-refractivity contribution in [2.24, 2.45) is 5.73 Å². The van der Waals surface area contributed by atoms with Gasteiger partial charge in [0.1, 0.15) is 0 Å². The van der Waals surface area contributed by atoms with Gasteiger partial charge in [-0.05, 0) is 49.7 Å². The second-order valence-electron chi connectivity index (χ2n) is 4.06. The monoisotopic (exact) mass is 251 g/mol. The molecular formula is C12H17N3OS. The lowest BCUT2D eigenvalue weighted by Crippen LogP contribution is -2.21. The van der Waals surface area contributed by atoms with E-state index in [1.165, 1.54) is 6.92 Å². The molecule has 1 aromatic rings. The predicted molar refractivity (Wildman–Crippen MR) is 75.4 cm³/mol. The molecule has 0 unspecified atom stereocenters.